The zero-order valence-corrected chi connectivity index (χ0v) is 17.1. The number of amides is 1. The zero-order valence-electron chi connectivity index (χ0n) is 15.6. The lowest BCUT2D eigenvalue weighted by Gasteiger charge is -2.25. The minimum Gasteiger partial charge on any atom is -0.447 e. The molecule has 5 nitrogen and oxygen atoms in total. The molecule has 0 radical (unpaired) electrons. The summed E-state index contributed by atoms with van der Waals surface area (Å²) >= 11 is 12.2. The maximum absolute atomic E-state index is 12.1. The molecule has 0 saturated heterocycles. The monoisotopic (exact) mass is 397 g/mol. The fourth-order valence-electron chi connectivity index (χ4n) is 2.35. The molecule has 0 spiro atoms. The van der Waals surface area contributed by atoms with Crippen molar-refractivity contribution in [2.24, 2.45) is 0 Å². The number of rotatable bonds is 8. The summed E-state index contributed by atoms with van der Waals surface area (Å²) in [5, 5.41) is 4.12. The van der Waals surface area contributed by atoms with Gasteiger partial charge >= 0.3 is 0 Å². The van der Waals surface area contributed by atoms with Crippen molar-refractivity contribution in [3.8, 4) is 0 Å². The summed E-state index contributed by atoms with van der Waals surface area (Å²) < 4.78 is 5.50. The number of hydrogen-bond donors (Lipinski definition) is 1. The molecule has 0 bridgehead atoms. The molecule has 1 atom stereocenters. The van der Waals surface area contributed by atoms with Crippen LogP contribution in [0.4, 0.5) is 0 Å². The molecule has 1 aromatic heterocycles. The van der Waals surface area contributed by atoms with E-state index < -0.39 is 0 Å². The van der Waals surface area contributed by atoms with E-state index >= 15 is 0 Å². The Hall–Kier alpha value is -1.56. The summed E-state index contributed by atoms with van der Waals surface area (Å²) in [5.41, 5.74) is 1.28. The largest absolute Gasteiger partial charge is 0.447 e. The first-order valence-electron chi connectivity index (χ1n) is 8.73. The third kappa shape index (κ3) is 5.73. The van der Waals surface area contributed by atoms with Crippen molar-refractivity contribution in [2.45, 2.75) is 59.3 Å². The molecule has 0 aliphatic heterocycles. The van der Waals surface area contributed by atoms with Crippen molar-refractivity contribution in [1.82, 2.24) is 15.2 Å². The molecule has 1 amide bonds. The van der Waals surface area contributed by atoms with E-state index in [2.05, 4.69) is 29.0 Å². The Morgan fingerprint density at radius 2 is 2.00 bits per heavy atom. The molecule has 0 aliphatic carbocycles. The Balaban J connectivity index is 2.07. The van der Waals surface area contributed by atoms with Gasteiger partial charge in [-0.15, -0.1) is 0 Å². The lowest BCUT2D eigenvalue weighted by molar-refractivity contribution is 0.0934. The van der Waals surface area contributed by atoms with Crippen LogP contribution in [0.1, 0.15) is 56.1 Å². The van der Waals surface area contributed by atoms with E-state index in [-0.39, 0.29) is 18.0 Å². The van der Waals surface area contributed by atoms with Crippen molar-refractivity contribution >= 4 is 29.1 Å². The number of carbonyl (C=O) groups is 1. The molecular formula is C19H25Cl2N3O2. The van der Waals surface area contributed by atoms with Gasteiger partial charge in [0.1, 0.15) is 6.26 Å². The van der Waals surface area contributed by atoms with Crippen LogP contribution in [0, 0.1) is 0 Å². The molecule has 142 valence electrons. The van der Waals surface area contributed by atoms with Crippen molar-refractivity contribution in [3.63, 3.8) is 0 Å². The Morgan fingerprint density at radius 1 is 1.27 bits per heavy atom. The molecule has 0 aliphatic rings. The maximum Gasteiger partial charge on any atom is 0.273 e. The van der Waals surface area contributed by atoms with Crippen LogP contribution in [0.5, 0.6) is 0 Å². The van der Waals surface area contributed by atoms with Crippen LogP contribution < -0.4 is 5.32 Å². The van der Waals surface area contributed by atoms with E-state index in [1.807, 2.05) is 26.0 Å². The van der Waals surface area contributed by atoms with Gasteiger partial charge in [0.2, 0.25) is 5.89 Å². The van der Waals surface area contributed by atoms with Crippen LogP contribution in [0.25, 0.3) is 0 Å². The van der Waals surface area contributed by atoms with E-state index in [4.69, 9.17) is 27.6 Å². The van der Waals surface area contributed by atoms with Crippen molar-refractivity contribution < 1.29 is 9.21 Å². The molecule has 1 aromatic carbocycles. The average molecular weight is 398 g/mol. The predicted molar refractivity (Wildman–Crippen MR) is 105 cm³/mol. The second-order valence-electron chi connectivity index (χ2n) is 6.64. The van der Waals surface area contributed by atoms with E-state index in [0.29, 0.717) is 34.7 Å². The number of nitrogens with zero attached hydrogens (tertiary/aromatic N) is 2. The highest BCUT2D eigenvalue weighted by Crippen LogP contribution is 2.23. The normalized spacial score (nSPS) is 12.6. The third-order valence-electron chi connectivity index (χ3n) is 4.23. The smallest absolute Gasteiger partial charge is 0.273 e. The van der Waals surface area contributed by atoms with Crippen molar-refractivity contribution in [3.05, 3.63) is 51.7 Å². The number of nitrogens with one attached hydrogen (secondary N) is 1. The van der Waals surface area contributed by atoms with Gasteiger partial charge < -0.3 is 9.73 Å². The van der Waals surface area contributed by atoms with Gasteiger partial charge in [0.15, 0.2) is 5.69 Å². The van der Waals surface area contributed by atoms with Crippen molar-refractivity contribution in [2.75, 3.05) is 0 Å². The van der Waals surface area contributed by atoms with E-state index in [1.165, 1.54) is 6.26 Å². The zero-order chi connectivity index (χ0) is 19.3. The van der Waals surface area contributed by atoms with Crippen LogP contribution in [0.2, 0.25) is 10.0 Å². The van der Waals surface area contributed by atoms with Crippen LogP contribution in [0.15, 0.2) is 28.9 Å². The Bertz CT molecular complexity index is 746. The molecule has 0 fully saturated rings. The maximum atomic E-state index is 12.1. The van der Waals surface area contributed by atoms with E-state index in [9.17, 15) is 4.79 Å². The first kappa shape index (κ1) is 20.7. The van der Waals surface area contributed by atoms with Gasteiger partial charge in [0.05, 0.1) is 6.54 Å². The topological polar surface area (TPSA) is 58.4 Å². The van der Waals surface area contributed by atoms with E-state index in [1.54, 1.807) is 6.07 Å². The van der Waals surface area contributed by atoms with Gasteiger partial charge in [0.25, 0.3) is 5.91 Å². The van der Waals surface area contributed by atoms with Gasteiger partial charge in [-0.25, -0.2) is 4.98 Å². The molecule has 26 heavy (non-hydrogen) atoms. The summed E-state index contributed by atoms with van der Waals surface area (Å²) in [7, 11) is 0. The van der Waals surface area contributed by atoms with E-state index in [0.717, 1.165) is 12.0 Å². The molecular weight excluding hydrogens is 373 g/mol. The van der Waals surface area contributed by atoms with Crippen LogP contribution >= 0.6 is 23.2 Å². The minimum atomic E-state index is -0.216. The Kier molecular flexibility index (Phi) is 7.50. The first-order valence-corrected chi connectivity index (χ1v) is 9.49. The van der Waals surface area contributed by atoms with Gasteiger partial charge in [-0.2, -0.15) is 0 Å². The van der Waals surface area contributed by atoms with Gasteiger partial charge in [-0.3, -0.25) is 9.69 Å². The molecule has 7 heteroatoms. The number of halogens is 2. The number of hydrogen-bond acceptors (Lipinski definition) is 4. The molecule has 1 heterocycles. The lowest BCUT2D eigenvalue weighted by Crippen LogP contribution is -2.32. The Morgan fingerprint density at radius 3 is 2.62 bits per heavy atom. The molecule has 0 saturated carbocycles. The molecule has 2 rings (SSSR count). The fourth-order valence-corrected chi connectivity index (χ4v) is 2.82. The highest BCUT2D eigenvalue weighted by molar-refractivity contribution is 6.35. The Labute approximate surface area is 164 Å². The number of benzene rings is 1. The SMILES string of the molecule is CCC(C)NC(=O)c1coc(CN(Cc2ccc(Cl)cc2Cl)C(C)C)n1. The van der Waals surface area contributed by atoms with Gasteiger partial charge in [0, 0.05) is 28.7 Å². The fraction of sp³-hybridized carbons (Fsp3) is 0.474. The molecule has 2 aromatic rings. The van der Waals surface area contributed by atoms with Crippen molar-refractivity contribution in [1.29, 1.82) is 0 Å². The lowest BCUT2D eigenvalue weighted by atomic mass is 10.2. The number of oxazole rings is 1. The number of aromatic nitrogens is 1. The van der Waals surface area contributed by atoms with Crippen LogP contribution in [-0.4, -0.2) is 27.9 Å². The highest BCUT2D eigenvalue weighted by atomic mass is 35.5. The predicted octanol–water partition coefficient (Wildman–Crippen LogP) is 4.92. The minimum absolute atomic E-state index is 0.0989. The number of carbonyl (C=O) groups excluding carboxylic acids is 1. The summed E-state index contributed by atoms with van der Waals surface area (Å²) in [6, 6.07) is 5.82. The summed E-state index contributed by atoms with van der Waals surface area (Å²) in [5.74, 6) is 0.282. The first-order chi connectivity index (χ1) is 12.3. The van der Waals surface area contributed by atoms with Gasteiger partial charge in [-0.1, -0.05) is 36.2 Å². The molecule has 1 unspecified atom stereocenters. The second kappa shape index (κ2) is 9.40. The summed E-state index contributed by atoms with van der Waals surface area (Å²) in [6.07, 6.45) is 2.26. The summed E-state index contributed by atoms with van der Waals surface area (Å²) in [4.78, 5) is 18.6. The highest BCUT2D eigenvalue weighted by Gasteiger charge is 2.18. The van der Waals surface area contributed by atoms with Crippen LogP contribution in [-0.2, 0) is 13.1 Å². The standard InChI is InChI=1S/C19H25Cl2N3O2/c1-5-13(4)22-19(25)17-11-26-18(23-17)10-24(12(2)3)9-14-6-7-15(20)8-16(14)21/h6-8,11-13H,5,9-10H2,1-4H3,(H,22,25). The second-order valence-corrected chi connectivity index (χ2v) is 7.49. The molecule has 1 N–H and O–H groups in total. The third-order valence-corrected chi connectivity index (χ3v) is 4.82. The summed E-state index contributed by atoms with van der Waals surface area (Å²) in [6.45, 7) is 9.25. The van der Waals surface area contributed by atoms with Crippen LogP contribution in [0.3, 0.4) is 0 Å². The average Bonchev–Trinajstić information content (AvgIpc) is 3.05. The quantitative estimate of drug-likeness (QED) is 0.686. The van der Waals surface area contributed by atoms with Gasteiger partial charge in [-0.05, 0) is 44.9 Å².